The molecule has 1 saturated heterocycles. The average Bonchev–Trinajstić information content (AvgIpc) is 2.06. The van der Waals surface area contributed by atoms with Gasteiger partial charge in [0.05, 0.1) is 6.42 Å². The van der Waals surface area contributed by atoms with Gasteiger partial charge in [-0.15, -0.1) is 0 Å². The molecule has 0 bridgehead atoms. The van der Waals surface area contributed by atoms with Crippen molar-refractivity contribution in [1.29, 1.82) is 0 Å². The molecule has 0 aromatic carbocycles. The van der Waals surface area contributed by atoms with E-state index in [4.69, 9.17) is 0 Å². The van der Waals surface area contributed by atoms with Crippen LogP contribution in [0.3, 0.4) is 0 Å². The van der Waals surface area contributed by atoms with Gasteiger partial charge < -0.3 is 4.74 Å². The number of hydrogen-bond acceptors (Lipinski definition) is 5. The molecule has 0 saturated carbocycles. The van der Waals surface area contributed by atoms with Crippen molar-refractivity contribution in [3.05, 3.63) is 12.0 Å². The summed E-state index contributed by atoms with van der Waals surface area (Å²) in [6, 6.07) is 0. The Morgan fingerprint density at radius 3 is 2.80 bits per heavy atom. The Hall–Kier alpha value is -1.37. The SMILES string of the molecule is CC(=O)OC1=CN2C(=O)C[C@@H]2S(=O)(=O)C1. The van der Waals surface area contributed by atoms with E-state index >= 15 is 0 Å². The summed E-state index contributed by atoms with van der Waals surface area (Å²) >= 11 is 0. The third-order valence-corrected chi connectivity index (χ3v) is 4.17. The van der Waals surface area contributed by atoms with Gasteiger partial charge in [-0.05, 0) is 0 Å². The largest absolute Gasteiger partial charge is 0.429 e. The van der Waals surface area contributed by atoms with Crippen molar-refractivity contribution in [1.82, 2.24) is 4.90 Å². The van der Waals surface area contributed by atoms with Gasteiger partial charge in [0.1, 0.15) is 16.9 Å². The highest BCUT2D eigenvalue weighted by Gasteiger charge is 2.47. The number of ether oxygens (including phenoxy) is 1. The molecule has 1 atom stereocenters. The normalized spacial score (nSPS) is 27.5. The van der Waals surface area contributed by atoms with Gasteiger partial charge in [-0.25, -0.2) is 8.42 Å². The van der Waals surface area contributed by atoms with Crippen molar-refractivity contribution in [2.45, 2.75) is 18.7 Å². The number of carbonyl (C=O) groups excluding carboxylic acids is 2. The molecule has 0 aromatic rings. The third kappa shape index (κ3) is 1.63. The number of fused-ring (bicyclic) bond motifs is 1. The van der Waals surface area contributed by atoms with E-state index in [1.807, 2.05) is 0 Å². The first-order chi connectivity index (χ1) is 6.90. The second-order valence-corrected chi connectivity index (χ2v) is 5.61. The van der Waals surface area contributed by atoms with Crippen LogP contribution in [0.5, 0.6) is 0 Å². The molecule has 1 amide bonds. The summed E-state index contributed by atoms with van der Waals surface area (Å²) < 4.78 is 27.8. The van der Waals surface area contributed by atoms with Gasteiger partial charge in [0.2, 0.25) is 5.91 Å². The Kier molecular flexibility index (Phi) is 2.07. The van der Waals surface area contributed by atoms with Crippen LogP contribution in [0.4, 0.5) is 0 Å². The predicted molar refractivity (Wildman–Crippen MR) is 48.9 cm³/mol. The number of sulfone groups is 1. The summed E-state index contributed by atoms with van der Waals surface area (Å²) in [5.41, 5.74) is 0. The number of carbonyl (C=O) groups is 2. The van der Waals surface area contributed by atoms with Crippen LogP contribution in [0.1, 0.15) is 13.3 Å². The highest BCUT2D eigenvalue weighted by Crippen LogP contribution is 2.31. The maximum Gasteiger partial charge on any atom is 0.307 e. The van der Waals surface area contributed by atoms with Gasteiger partial charge in [-0.2, -0.15) is 0 Å². The van der Waals surface area contributed by atoms with E-state index in [1.54, 1.807) is 0 Å². The van der Waals surface area contributed by atoms with Crippen molar-refractivity contribution in [2.75, 3.05) is 5.75 Å². The van der Waals surface area contributed by atoms with E-state index in [-0.39, 0.29) is 23.8 Å². The van der Waals surface area contributed by atoms with Crippen LogP contribution in [-0.2, 0) is 24.2 Å². The Bertz CT molecular complexity index is 463. The third-order valence-electron chi connectivity index (χ3n) is 2.26. The smallest absolute Gasteiger partial charge is 0.307 e. The molecule has 6 nitrogen and oxygen atoms in total. The highest BCUT2D eigenvalue weighted by molar-refractivity contribution is 7.92. The van der Waals surface area contributed by atoms with Crippen molar-refractivity contribution >= 4 is 21.7 Å². The minimum Gasteiger partial charge on any atom is -0.429 e. The summed E-state index contributed by atoms with van der Waals surface area (Å²) in [5, 5.41) is -0.760. The lowest BCUT2D eigenvalue weighted by atomic mass is 10.2. The number of nitrogens with zero attached hydrogens (tertiary/aromatic N) is 1. The van der Waals surface area contributed by atoms with Crippen LogP contribution < -0.4 is 0 Å². The number of hydrogen-bond donors (Lipinski definition) is 0. The fourth-order valence-electron chi connectivity index (χ4n) is 1.58. The molecule has 7 heteroatoms. The maximum absolute atomic E-state index is 11.6. The van der Waals surface area contributed by atoms with Gasteiger partial charge in [0, 0.05) is 13.1 Å². The molecular formula is C8H9NO5S. The average molecular weight is 231 g/mol. The summed E-state index contributed by atoms with van der Waals surface area (Å²) in [5.74, 6) is -1.18. The lowest BCUT2D eigenvalue weighted by Gasteiger charge is -2.40. The first-order valence-electron chi connectivity index (χ1n) is 4.32. The van der Waals surface area contributed by atoms with Crippen LogP contribution in [0.2, 0.25) is 0 Å². The Morgan fingerprint density at radius 1 is 1.60 bits per heavy atom. The fourth-order valence-corrected chi connectivity index (χ4v) is 3.23. The van der Waals surface area contributed by atoms with Crippen LogP contribution in [-0.4, -0.2) is 36.3 Å². The van der Waals surface area contributed by atoms with Crippen molar-refractivity contribution < 1.29 is 22.7 Å². The molecule has 2 heterocycles. The lowest BCUT2D eigenvalue weighted by molar-refractivity contribution is -0.141. The standard InChI is InChI=1S/C8H9NO5S/c1-5(10)14-6-3-9-7(11)2-8(9)15(12,13)4-6/h3,8H,2,4H2,1H3/t8-/m0/s1. The molecule has 2 aliphatic heterocycles. The molecular weight excluding hydrogens is 222 g/mol. The van der Waals surface area contributed by atoms with Gasteiger partial charge in [0.25, 0.3) is 0 Å². The molecule has 1 fully saturated rings. The first kappa shape index (κ1) is 10.2. The molecule has 0 radical (unpaired) electrons. The Labute approximate surface area is 86.4 Å². The molecule has 0 aromatic heterocycles. The van der Waals surface area contributed by atoms with Crippen molar-refractivity contribution in [2.24, 2.45) is 0 Å². The predicted octanol–water partition coefficient (Wildman–Crippen LogP) is -0.622. The number of β-lactam (4-membered cyclic amide) rings is 1. The Morgan fingerprint density at radius 2 is 2.27 bits per heavy atom. The molecule has 0 aliphatic carbocycles. The summed E-state index contributed by atoms with van der Waals surface area (Å²) in [4.78, 5) is 22.8. The molecule has 2 rings (SSSR count). The molecule has 2 aliphatic rings. The zero-order chi connectivity index (χ0) is 11.2. The zero-order valence-corrected chi connectivity index (χ0v) is 8.78. The molecule has 82 valence electrons. The van der Waals surface area contributed by atoms with E-state index in [9.17, 15) is 18.0 Å². The molecule has 0 N–H and O–H groups in total. The van der Waals surface area contributed by atoms with E-state index in [0.29, 0.717) is 0 Å². The van der Waals surface area contributed by atoms with Crippen LogP contribution in [0.25, 0.3) is 0 Å². The van der Waals surface area contributed by atoms with Gasteiger partial charge >= 0.3 is 5.97 Å². The van der Waals surface area contributed by atoms with E-state index in [1.165, 1.54) is 13.1 Å². The second-order valence-electron chi connectivity index (χ2n) is 3.46. The fraction of sp³-hybridized carbons (Fsp3) is 0.500. The summed E-state index contributed by atoms with van der Waals surface area (Å²) in [6.45, 7) is 1.18. The molecule has 0 unspecified atom stereocenters. The van der Waals surface area contributed by atoms with E-state index < -0.39 is 21.2 Å². The summed E-state index contributed by atoms with van der Waals surface area (Å²) in [6.07, 6.45) is 1.31. The topological polar surface area (TPSA) is 80.8 Å². The number of rotatable bonds is 1. The van der Waals surface area contributed by atoms with E-state index in [2.05, 4.69) is 4.74 Å². The highest BCUT2D eigenvalue weighted by atomic mass is 32.2. The van der Waals surface area contributed by atoms with Crippen LogP contribution in [0.15, 0.2) is 12.0 Å². The minimum atomic E-state index is -3.39. The maximum atomic E-state index is 11.6. The second kappa shape index (κ2) is 3.06. The van der Waals surface area contributed by atoms with E-state index in [0.717, 1.165) is 4.90 Å². The quantitative estimate of drug-likeness (QED) is 0.443. The lowest BCUT2D eigenvalue weighted by Crippen LogP contribution is -2.56. The summed E-state index contributed by atoms with van der Waals surface area (Å²) in [7, 11) is -3.39. The first-order valence-corrected chi connectivity index (χ1v) is 6.03. The van der Waals surface area contributed by atoms with Crippen LogP contribution in [0, 0.1) is 0 Å². The van der Waals surface area contributed by atoms with Gasteiger partial charge in [-0.1, -0.05) is 0 Å². The Balaban J connectivity index is 2.29. The molecule has 0 spiro atoms. The minimum absolute atomic E-state index is 0.00630. The zero-order valence-electron chi connectivity index (χ0n) is 7.97. The monoisotopic (exact) mass is 231 g/mol. The number of esters is 1. The number of amides is 1. The van der Waals surface area contributed by atoms with Gasteiger partial charge in [0.15, 0.2) is 9.84 Å². The van der Waals surface area contributed by atoms with Gasteiger partial charge in [-0.3, -0.25) is 14.5 Å². The van der Waals surface area contributed by atoms with Crippen molar-refractivity contribution in [3.8, 4) is 0 Å². The van der Waals surface area contributed by atoms with Crippen molar-refractivity contribution in [3.63, 3.8) is 0 Å². The van der Waals surface area contributed by atoms with Crippen LogP contribution >= 0.6 is 0 Å². The molecule has 15 heavy (non-hydrogen) atoms.